The van der Waals surface area contributed by atoms with Gasteiger partial charge in [-0.2, -0.15) is 0 Å². The molecular formula is C27H31FN2O. The first-order valence-corrected chi connectivity index (χ1v) is 11.0. The van der Waals surface area contributed by atoms with Crippen LogP contribution in [0.2, 0.25) is 0 Å². The van der Waals surface area contributed by atoms with Crippen LogP contribution >= 0.6 is 0 Å². The SMILES string of the molecule is CN(Cc1ccccc1)[C@H]1CC[C@H](N(Cc2ccccc2)Cc2cccc(F)c2)[C@H]1O. The van der Waals surface area contributed by atoms with Crippen LogP contribution in [0.15, 0.2) is 84.9 Å². The predicted molar refractivity (Wildman–Crippen MR) is 123 cm³/mol. The quantitative estimate of drug-likeness (QED) is 0.566. The Morgan fingerprint density at radius 3 is 1.94 bits per heavy atom. The summed E-state index contributed by atoms with van der Waals surface area (Å²) in [5.41, 5.74) is 3.39. The Kier molecular flexibility index (Phi) is 7.13. The lowest BCUT2D eigenvalue weighted by Gasteiger charge is -2.34. The maximum absolute atomic E-state index is 13.8. The molecule has 3 atom stereocenters. The summed E-state index contributed by atoms with van der Waals surface area (Å²) in [6, 6.07) is 27.6. The minimum atomic E-state index is -0.453. The van der Waals surface area contributed by atoms with Gasteiger partial charge < -0.3 is 5.11 Å². The van der Waals surface area contributed by atoms with E-state index in [1.807, 2.05) is 30.3 Å². The van der Waals surface area contributed by atoms with Gasteiger partial charge in [-0.1, -0.05) is 72.8 Å². The molecule has 3 nitrogen and oxygen atoms in total. The van der Waals surface area contributed by atoms with Crippen LogP contribution < -0.4 is 0 Å². The van der Waals surface area contributed by atoms with Crippen LogP contribution in [-0.4, -0.2) is 40.1 Å². The van der Waals surface area contributed by atoms with E-state index in [0.717, 1.165) is 31.5 Å². The largest absolute Gasteiger partial charge is 0.390 e. The van der Waals surface area contributed by atoms with Gasteiger partial charge in [0.05, 0.1) is 6.10 Å². The van der Waals surface area contributed by atoms with E-state index in [1.54, 1.807) is 12.1 Å². The monoisotopic (exact) mass is 418 g/mol. The fourth-order valence-electron chi connectivity index (χ4n) is 4.79. The van der Waals surface area contributed by atoms with Crippen molar-refractivity contribution < 1.29 is 9.50 Å². The number of aliphatic hydroxyl groups is 1. The lowest BCUT2D eigenvalue weighted by atomic mass is 10.1. The van der Waals surface area contributed by atoms with Gasteiger partial charge >= 0.3 is 0 Å². The van der Waals surface area contributed by atoms with Crippen molar-refractivity contribution in [2.24, 2.45) is 0 Å². The Bertz CT molecular complexity index is 950. The maximum Gasteiger partial charge on any atom is 0.123 e. The Hall–Kier alpha value is -2.53. The first-order chi connectivity index (χ1) is 15.1. The first-order valence-electron chi connectivity index (χ1n) is 11.0. The van der Waals surface area contributed by atoms with E-state index in [4.69, 9.17) is 0 Å². The van der Waals surface area contributed by atoms with Gasteiger partial charge in [-0.15, -0.1) is 0 Å². The molecule has 0 radical (unpaired) electrons. The summed E-state index contributed by atoms with van der Waals surface area (Å²) in [4.78, 5) is 4.58. The summed E-state index contributed by atoms with van der Waals surface area (Å²) in [7, 11) is 2.09. The standard InChI is InChI=1S/C27H31FN2O/c1-29(18-21-9-4-2-5-10-21)25-15-16-26(27(25)31)30(19-22-11-6-3-7-12-22)20-23-13-8-14-24(28)17-23/h2-14,17,25-27,31H,15-16,18-20H2,1H3/t25-,26-,27-/m0/s1. The second-order valence-corrected chi connectivity index (χ2v) is 8.62. The third kappa shape index (κ3) is 5.59. The Morgan fingerprint density at radius 2 is 1.29 bits per heavy atom. The molecular weight excluding hydrogens is 387 g/mol. The van der Waals surface area contributed by atoms with E-state index in [2.05, 4.69) is 53.2 Å². The van der Waals surface area contributed by atoms with E-state index in [9.17, 15) is 9.50 Å². The van der Waals surface area contributed by atoms with Gasteiger partial charge in [-0.3, -0.25) is 9.80 Å². The third-order valence-corrected chi connectivity index (χ3v) is 6.36. The zero-order valence-electron chi connectivity index (χ0n) is 18.1. The van der Waals surface area contributed by atoms with Crippen LogP contribution in [0.3, 0.4) is 0 Å². The molecule has 1 N–H and O–H groups in total. The fraction of sp³-hybridized carbons (Fsp3) is 0.333. The predicted octanol–water partition coefficient (Wildman–Crippen LogP) is 4.85. The van der Waals surface area contributed by atoms with Crippen LogP contribution in [0.25, 0.3) is 0 Å². The third-order valence-electron chi connectivity index (χ3n) is 6.36. The van der Waals surface area contributed by atoms with Crippen LogP contribution in [0.1, 0.15) is 29.5 Å². The minimum Gasteiger partial charge on any atom is -0.390 e. The molecule has 4 heteroatoms. The van der Waals surface area contributed by atoms with E-state index in [1.165, 1.54) is 17.2 Å². The van der Waals surface area contributed by atoms with Crippen molar-refractivity contribution in [2.75, 3.05) is 7.05 Å². The molecule has 3 aromatic carbocycles. The van der Waals surface area contributed by atoms with Crippen LogP contribution in [-0.2, 0) is 19.6 Å². The number of hydrogen-bond donors (Lipinski definition) is 1. The zero-order chi connectivity index (χ0) is 21.6. The van der Waals surface area contributed by atoms with Gasteiger partial charge in [-0.25, -0.2) is 4.39 Å². The lowest BCUT2D eigenvalue weighted by molar-refractivity contribution is 0.0181. The van der Waals surface area contributed by atoms with Crippen LogP contribution in [0, 0.1) is 5.82 Å². The number of hydrogen-bond acceptors (Lipinski definition) is 3. The topological polar surface area (TPSA) is 26.7 Å². The highest BCUT2D eigenvalue weighted by atomic mass is 19.1. The molecule has 1 saturated carbocycles. The highest BCUT2D eigenvalue weighted by Crippen LogP contribution is 2.31. The number of halogens is 1. The second kappa shape index (κ2) is 10.2. The number of nitrogens with zero attached hydrogens (tertiary/aromatic N) is 2. The van der Waals surface area contributed by atoms with Gasteiger partial charge in [-0.05, 0) is 48.7 Å². The van der Waals surface area contributed by atoms with E-state index in [0.29, 0.717) is 6.54 Å². The fourth-order valence-corrected chi connectivity index (χ4v) is 4.79. The molecule has 1 fully saturated rings. The van der Waals surface area contributed by atoms with Crippen molar-refractivity contribution in [2.45, 2.75) is 50.7 Å². The summed E-state index contributed by atoms with van der Waals surface area (Å²) >= 11 is 0. The number of rotatable bonds is 8. The molecule has 0 bridgehead atoms. The summed E-state index contributed by atoms with van der Waals surface area (Å²) in [5, 5.41) is 11.3. The summed E-state index contributed by atoms with van der Waals surface area (Å²) < 4.78 is 13.8. The smallest absolute Gasteiger partial charge is 0.123 e. The molecule has 162 valence electrons. The first kappa shape index (κ1) is 21.7. The molecule has 0 saturated heterocycles. The van der Waals surface area contributed by atoms with Crippen molar-refractivity contribution in [3.63, 3.8) is 0 Å². The Balaban J connectivity index is 1.50. The minimum absolute atomic E-state index is 0.0340. The Morgan fingerprint density at radius 1 is 0.742 bits per heavy atom. The van der Waals surface area contributed by atoms with Gasteiger partial charge in [0.25, 0.3) is 0 Å². The number of benzene rings is 3. The summed E-state index contributed by atoms with van der Waals surface area (Å²) in [6.07, 6.45) is 1.42. The van der Waals surface area contributed by atoms with Crippen molar-refractivity contribution in [1.82, 2.24) is 9.80 Å². The Labute approximate surface area is 184 Å². The second-order valence-electron chi connectivity index (χ2n) is 8.62. The molecule has 0 aliphatic heterocycles. The summed E-state index contributed by atoms with van der Waals surface area (Å²) in [6.45, 7) is 2.16. The van der Waals surface area contributed by atoms with Crippen LogP contribution in [0.4, 0.5) is 4.39 Å². The van der Waals surface area contributed by atoms with Crippen LogP contribution in [0.5, 0.6) is 0 Å². The zero-order valence-corrected chi connectivity index (χ0v) is 18.1. The van der Waals surface area contributed by atoms with Crippen molar-refractivity contribution in [1.29, 1.82) is 0 Å². The van der Waals surface area contributed by atoms with Gasteiger partial charge in [0.15, 0.2) is 0 Å². The van der Waals surface area contributed by atoms with Gasteiger partial charge in [0.1, 0.15) is 5.82 Å². The van der Waals surface area contributed by atoms with E-state index >= 15 is 0 Å². The summed E-state index contributed by atoms with van der Waals surface area (Å²) in [5.74, 6) is -0.218. The highest BCUT2D eigenvalue weighted by Gasteiger charge is 2.40. The maximum atomic E-state index is 13.8. The molecule has 0 aromatic heterocycles. The average Bonchev–Trinajstić information content (AvgIpc) is 3.16. The molecule has 1 aliphatic rings. The molecule has 0 amide bonds. The van der Waals surface area contributed by atoms with Crippen molar-refractivity contribution in [3.8, 4) is 0 Å². The highest BCUT2D eigenvalue weighted by molar-refractivity contribution is 5.19. The van der Waals surface area contributed by atoms with E-state index < -0.39 is 6.10 Å². The number of aliphatic hydroxyl groups excluding tert-OH is 1. The van der Waals surface area contributed by atoms with Crippen molar-refractivity contribution in [3.05, 3.63) is 107 Å². The molecule has 0 heterocycles. The number of likely N-dealkylation sites (N-methyl/N-ethyl adjacent to an activating group) is 1. The normalized spacial score (nSPS) is 21.1. The van der Waals surface area contributed by atoms with Gasteiger partial charge in [0.2, 0.25) is 0 Å². The lowest BCUT2D eigenvalue weighted by Crippen LogP contribution is -2.47. The molecule has 4 rings (SSSR count). The molecule has 0 unspecified atom stereocenters. The molecule has 0 spiro atoms. The molecule has 3 aromatic rings. The van der Waals surface area contributed by atoms with Gasteiger partial charge in [0, 0.05) is 31.7 Å². The average molecular weight is 419 g/mol. The molecule has 1 aliphatic carbocycles. The van der Waals surface area contributed by atoms with Crippen molar-refractivity contribution >= 4 is 0 Å². The van der Waals surface area contributed by atoms with E-state index in [-0.39, 0.29) is 17.9 Å². The molecule has 31 heavy (non-hydrogen) atoms.